The van der Waals surface area contributed by atoms with Crippen LogP contribution >= 0.6 is 12.2 Å². The number of carbonyl (C=O) groups excluding carboxylic acids is 1. The van der Waals surface area contributed by atoms with Crippen molar-refractivity contribution in [3.63, 3.8) is 0 Å². The molecule has 0 spiro atoms. The van der Waals surface area contributed by atoms with E-state index in [1.807, 2.05) is 38.1 Å². The van der Waals surface area contributed by atoms with Gasteiger partial charge in [-0.2, -0.15) is 0 Å². The molecule has 1 aliphatic rings. The second-order valence-electron chi connectivity index (χ2n) is 6.39. The van der Waals surface area contributed by atoms with Crippen LogP contribution in [-0.4, -0.2) is 47.0 Å². The van der Waals surface area contributed by atoms with Gasteiger partial charge in [0.25, 0.3) is 10.7 Å². The lowest BCUT2D eigenvalue weighted by Gasteiger charge is -2.30. The van der Waals surface area contributed by atoms with Gasteiger partial charge in [0.15, 0.2) is 0 Å². The quantitative estimate of drug-likeness (QED) is 0.528. The van der Waals surface area contributed by atoms with Gasteiger partial charge in [0, 0.05) is 13.1 Å². The minimum atomic E-state index is -0.0926. The second kappa shape index (κ2) is 9.14. The van der Waals surface area contributed by atoms with E-state index in [2.05, 4.69) is 10.00 Å². The molecular formula is C19H25N3O4S. The van der Waals surface area contributed by atoms with E-state index in [4.69, 9.17) is 26.1 Å². The Morgan fingerprint density at radius 2 is 2.00 bits per heavy atom. The molecule has 0 N–H and O–H groups in total. The van der Waals surface area contributed by atoms with Crippen LogP contribution in [0.4, 0.5) is 0 Å². The molecule has 0 saturated carbocycles. The van der Waals surface area contributed by atoms with Crippen LogP contribution in [0.15, 0.2) is 28.7 Å². The fraction of sp³-hybridized carbons (Fsp3) is 0.526. The second-order valence-corrected chi connectivity index (χ2v) is 6.74. The van der Waals surface area contributed by atoms with Crippen molar-refractivity contribution in [3.05, 3.63) is 29.1 Å². The molecule has 0 atom stereocenters. The topological polar surface area (TPSA) is 69.7 Å². The predicted molar refractivity (Wildman–Crippen MR) is 103 cm³/mol. The molecule has 2 heterocycles. The molecule has 0 amide bonds. The summed E-state index contributed by atoms with van der Waals surface area (Å²) >= 11 is 5.34. The van der Waals surface area contributed by atoms with E-state index in [1.54, 1.807) is 4.68 Å². The Kier molecular flexibility index (Phi) is 6.63. The maximum atomic E-state index is 11.9. The van der Waals surface area contributed by atoms with Crippen molar-refractivity contribution in [2.24, 2.45) is 5.92 Å². The highest BCUT2D eigenvalue weighted by Gasteiger charge is 2.26. The molecule has 0 aliphatic carbocycles. The van der Waals surface area contributed by atoms with Crippen LogP contribution in [0.25, 0.3) is 11.5 Å². The molecule has 1 aromatic carbocycles. The summed E-state index contributed by atoms with van der Waals surface area (Å²) < 4.78 is 18.2. The number of ether oxygens (including phenoxy) is 2. The van der Waals surface area contributed by atoms with Crippen LogP contribution < -0.4 is 4.74 Å². The molecule has 0 bridgehead atoms. The fourth-order valence-electron chi connectivity index (χ4n) is 3.19. The number of nitrogens with zero attached hydrogens (tertiary/aromatic N) is 3. The zero-order valence-electron chi connectivity index (χ0n) is 15.7. The maximum absolute atomic E-state index is 11.9. The van der Waals surface area contributed by atoms with Gasteiger partial charge in [-0.3, -0.25) is 9.69 Å². The summed E-state index contributed by atoms with van der Waals surface area (Å²) in [6, 6.07) is 7.61. The van der Waals surface area contributed by atoms with Crippen molar-refractivity contribution in [2.45, 2.75) is 33.4 Å². The Morgan fingerprint density at radius 3 is 2.70 bits per heavy atom. The number of aromatic nitrogens is 2. The smallest absolute Gasteiger partial charge is 0.309 e. The molecule has 3 rings (SSSR count). The SMILES string of the molecule is CCOC(=O)C1CCN(Cn2nc(-c3ccccc3OCC)oc2=S)CC1. The Hall–Kier alpha value is -2.19. The van der Waals surface area contributed by atoms with Crippen LogP contribution in [0.3, 0.4) is 0 Å². The highest BCUT2D eigenvalue weighted by atomic mass is 32.1. The molecule has 2 aromatic rings. The van der Waals surface area contributed by atoms with Gasteiger partial charge >= 0.3 is 5.97 Å². The van der Waals surface area contributed by atoms with E-state index in [1.165, 1.54) is 0 Å². The number of hydrogen-bond donors (Lipinski definition) is 0. The first-order chi connectivity index (χ1) is 13.1. The van der Waals surface area contributed by atoms with Gasteiger partial charge in [0.2, 0.25) is 0 Å². The number of rotatable bonds is 7. The third kappa shape index (κ3) is 4.75. The molecule has 8 heteroatoms. The first-order valence-electron chi connectivity index (χ1n) is 9.31. The number of likely N-dealkylation sites (tertiary alicyclic amines) is 1. The zero-order chi connectivity index (χ0) is 19.2. The number of hydrogen-bond acceptors (Lipinski definition) is 7. The van der Waals surface area contributed by atoms with Gasteiger partial charge in [-0.25, -0.2) is 4.68 Å². The van der Waals surface area contributed by atoms with Gasteiger partial charge < -0.3 is 13.9 Å². The zero-order valence-corrected chi connectivity index (χ0v) is 16.5. The van der Waals surface area contributed by atoms with E-state index in [9.17, 15) is 4.79 Å². The Labute approximate surface area is 163 Å². The Bertz CT molecular complexity index is 824. The molecule has 1 aliphatic heterocycles. The van der Waals surface area contributed by atoms with E-state index >= 15 is 0 Å². The Balaban J connectivity index is 1.67. The lowest BCUT2D eigenvalue weighted by Crippen LogP contribution is -2.38. The van der Waals surface area contributed by atoms with Crippen molar-refractivity contribution in [3.8, 4) is 17.2 Å². The van der Waals surface area contributed by atoms with Crippen LogP contribution in [0.2, 0.25) is 0 Å². The van der Waals surface area contributed by atoms with Crippen LogP contribution in [-0.2, 0) is 16.2 Å². The van der Waals surface area contributed by atoms with E-state index in [-0.39, 0.29) is 11.9 Å². The van der Waals surface area contributed by atoms with Crippen molar-refractivity contribution in [2.75, 3.05) is 26.3 Å². The molecule has 7 nitrogen and oxygen atoms in total. The summed E-state index contributed by atoms with van der Waals surface area (Å²) in [5.74, 6) is 1.06. The third-order valence-electron chi connectivity index (χ3n) is 4.57. The van der Waals surface area contributed by atoms with Crippen molar-refractivity contribution >= 4 is 18.2 Å². The number of benzene rings is 1. The molecular weight excluding hydrogens is 366 g/mol. The molecule has 0 radical (unpaired) electrons. The van der Waals surface area contributed by atoms with Gasteiger partial charge in [-0.05, 0) is 51.0 Å². The summed E-state index contributed by atoms with van der Waals surface area (Å²) in [6.45, 7) is 6.89. The summed E-state index contributed by atoms with van der Waals surface area (Å²) in [5.41, 5.74) is 0.783. The summed E-state index contributed by atoms with van der Waals surface area (Å²) in [6.07, 6.45) is 1.56. The van der Waals surface area contributed by atoms with Crippen molar-refractivity contribution < 1.29 is 18.7 Å². The molecule has 0 unspecified atom stereocenters. The summed E-state index contributed by atoms with van der Waals surface area (Å²) in [7, 11) is 0. The van der Waals surface area contributed by atoms with Gasteiger partial charge in [0.05, 0.1) is 31.4 Å². The molecule has 1 aromatic heterocycles. The lowest BCUT2D eigenvalue weighted by atomic mass is 9.97. The standard InChI is InChI=1S/C19H25N3O4S/c1-3-24-16-8-6-5-7-15(16)17-20-22(19(27)26-17)13-21-11-9-14(10-12-21)18(23)25-4-2/h5-8,14H,3-4,9-13H2,1-2H3. The third-order valence-corrected chi connectivity index (χ3v) is 4.86. The predicted octanol–water partition coefficient (Wildman–Crippen LogP) is 3.50. The van der Waals surface area contributed by atoms with Gasteiger partial charge in [-0.15, -0.1) is 5.10 Å². The van der Waals surface area contributed by atoms with E-state index in [0.717, 1.165) is 37.2 Å². The minimum Gasteiger partial charge on any atom is -0.493 e. The molecule has 1 fully saturated rings. The largest absolute Gasteiger partial charge is 0.493 e. The maximum Gasteiger partial charge on any atom is 0.309 e. The normalized spacial score (nSPS) is 15.6. The molecule has 27 heavy (non-hydrogen) atoms. The minimum absolute atomic E-state index is 0.0138. The first-order valence-corrected chi connectivity index (χ1v) is 9.72. The average Bonchev–Trinajstić information content (AvgIpc) is 3.03. The van der Waals surface area contributed by atoms with Crippen LogP contribution in [0, 0.1) is 10.8 Å². The van der Waals surface area contributed by atoms with E-state index < -0.39 is 0 Å². The highest BCUT2D eigenvalue weighted by Crippen LogP contribution is 2.29. The van der Waals surface area contributed by atoms with Gasteiger partial charge in [-0.1, -0.05) is 12.1 Å². The van der Waals surface area contributed by atoms with Crippen molar-refractivity contribution in [1.29, 1.82) is 0 Å². The van der Waals surface area contributed by atoms with Crippen LogP contribution in [0.5, 0.6) is 5.75 Å². The molecule has 146 valence electrons. The number of carbonyl (C=O) groups is 1. The lowest BCUT2D eigenvalue weighted by molar-refractivity contribution is -0.149. The number of piperidine rings is 1. The van der Waals surface area contributed by atoms with E-state index in [0.29, 0.717) is 30.6 Å². The highest BCUT2D eigenvalue weighted by molar-refractivity contribution is 7.71. The van der Waals surface area contributed by atoms with Crippen molar-refractivity contribution in [1.82, 2.24) is 14.7 Å². The Morgan fingerprint density at radius 1 is 1.26 bits per heavy atom. The monoisotopic (exact) mass is 391 g/mol. The first kappa shape index (κ1) is 19.6. The van der Waals surface area contributed by atoms with Gasteiger partial charge in [0.1, 0.15) is 5.75 Å². The number of esters is 1. The fourth-order valence-corrected chi connectivity index (χ4v) is 3.37. The molecule has 1 saturated heterocycles. The van der Waals surface area contributed by atoms with Crippen LogP contribution in [0.1, 0.15) is 26.7 Å². The summed E-state index contributed by atoms with van der Waals surface area (Å²) in [4.78, 5) is 14.4. The summed E-state index contributed by atoms with van der Waals surface area (Å²) in [5, 5.41) is 4.53. The number of para-hydroxylation sites is 1. The average molecular weight is 391 g/mol.